The summed E-state index contributed by atoms with van der Waals surface area (Å²) in [5.74, 6) is -0.423. The molecule has 0 bridgehead atoms. The van der Waals surface area contributed by atoms with E-state index in [0.29, 0.717) is 10.0 Å². The van der Waals surface area contributed by atoms with Gasteiger partial charge >= 0.3 is 0 Å². The van der Waals surface area contributed by atoms with Gasteiger partial charge in [0.05, 0.1) is 5.02 Å². The van der Waals surface area contributed by atoms with Crippen LogP contribution in [0.5, 0.6) is 0 Å². The summed E-state index contributed by atoms with van der Waals surface area (Å²) in [6.07, 6.45) is 2.59. The van der Waals surface area contributed by atoms with Crippen LogP contribution in [0, 0.1) is 5.82 Å². The Morgan fingerprint density at radius 3 is 2.55 bits per heavy atom. The van der Waals surface area contributed by atoms with E-state index in [1.54, 1.807) is 12.1 Å². The van der Waals surface area contributed by atoms with Crippen molar-refractivity contribution < 1.29 is 4.39 Å². The molecule has 0 spiro atoms. The smallest absolute Gasteiger partial charge is 0.147 e. The maximum atomic E-state index is 14.0. The Hall–Kier alpha value is -0.900. The molecule has 0 fully saturated rings. The molecule has 0 saturated heterocycles. The van der Waals surface area contributed by atoms with E-state index in [0.717, 1.165) is 19.3 Å². The van der Waals surface area contributed by atoms with E-state index in [1.165, 1.54) is 5.56 Å². The molecule has 2 aromatic carbocycles. The molecule has 2 N–H and O–H groups in total. The highest BCUT2D eigenvalue weighted by atomic mass is 79.9. The van der Waals surface area contributed by atoms with Crippen LogP contribution in [0.3, 0.4) is 0 Å². The fraction of sp³-hybridized carbons (Fsp3) is 0.250. The van der Waals surface area contributed by atoms with Gasteiger partial charge < -0.3 is 5.73 Å². The van der Waals surface area contributed by atoms with Crippen LogP contribution < -0.4 is 5.73 Å². The van der Waals surface area contributed by atoms with Crippen molar-refractivity contribution in [3.63, 3.8) is 0 Å². The van der Waals surface area contributed by atoms with Gasteiger partial charge in [-0.3, -0.25) is 0 Å². The Morgan fingerprint density at radius 2 is 1.85 bits per heavy atom. The van der Waals surface area contributed by atoms with Gasteiger partial charge in [-0.05, 0) is 46.8 Å². The summed E-state index contributed by atoms with van der Waals surface area (Å²) in [7, 11) is 0. The molecule has 1 atom stereocenters. The molecule has 1 nitrogen and oxygen atoms in total. The van der Waals surface area contributed by atoms with Crippen LogP contribution in [0.15, 0.2) is 46.9 Å². The van der Waals surface area contributed by atoms with E-state index < -0.39 is 5.82 Å². The van der Waals surface area contributed by atoms with Gasteiger partial charge in [-0.15, -0.1) is 0 Å². The van der Waals surface area contributed by atoms with Crippen LogP contribution in [0.25, 0.3) is 0 Å². The minimum absolute atomic E-state index is 0.0982. The summed E-state index contributed by atoms with van der Waals surface area (Å²) >= 11 is 9.08. The molecular weight excluding hydrogens is 341 g/mol. The zero-order valence-electron chi connectivity index (χ0n) is 11.0. The number of hydrogen-bond acceptors (Lipinski definition) is 1. The SMILES string of the molecule is NC(CCCc1ccccc1)c1ccc(Br)c(Cl)c1F. The predicted octanol–water partition coefficient (Wildman–Crippen LogP) is 5.26. The number of nitrogens with two attached hydrogens (primary N) is 1. The minimum Gasteiger partial charge on any atom is -0.324 e. The van der Waals surface area contributed by atoms with Crippen molar-refractivity contribution in [2.75, 3.05) is 0 Å². The maximum Gasteiger partial charge on any atom is 0.147 e. The average Bonchev–Trinajstić information content (AvgIpc) is 2.46. The summed E-state index contributed by atoms with van der Waals surface area (Å²) in [6.45, 7) is 0. The van der Waals surface area contributed by atoms with Crippen LogP contribution in [0.1, 0.15) is 30.0 Å². The van der Waals surface area contributed by atoms with E-state index in [1.807, 2.05) is 18.2 Å². The molecule has 0 aromatic heterocycles. The third-order valence-electron chi connectivity index (χ3n) is 3.29. The summed E-state index contributed by atoms with van der Waals surface area (Å²) < 4.78 is 14.6. The highest BCUT2D eigenvalue weighted by Gasteiger charge is 2.15. The Morgan fingerprint density at radius 1 is 1.15 bits per heavy atom. The Balaban J connectivity index is 1.95. The highest BCUT2D eigenvalue weighted by Crippen LogP contribution is 2.31. The molecule has 0 heterocycles. The normalized spacial score (nSPS) is 12.4. The number of aryl methyl sites for hydroxylation is 1. The van der Waals surface area contributed by atoms with E-state index in [2.05, 4.69) is 28.1 Å². The molecule has 2 rings (SSSR count). The highest BCUT2D eigenvalue weighted by molar-refractivity contribution is 9.10. The van der Waals surface area contributed by atoms with Crippen molar-refractivity contribution in [2.45, 2.75) is 25.3 Å². The molecule has 0 aliphatic heterocycles. The van der Waals surface area contributed by atoms with Crippen molar-refractivity contribution in [1.29, 1.82) is 0 Å². The summed E-state index contributed by atoms with van der Waals surface area (Å²) in [4.78, 5) is 0. The zero-order valence-corrected chi connectivity index (χ0v) is 13.3. The van der Waals surface area contributed by atoms with Gasteiger partial charge in [-0.25, -0.2) is 4.39 Å². The molecule has 0 aliphatic rings. The number of hydrogen-bond donors (Lipinski definition) is 1. The first-order valence-corrected chi connectivity index (χ1v) is 7.69. The lowest BCUT2D eigenvalue weighted by Gasteiger charge is -2.14. The Labute approximate surface area is 132 Å². The van der Waals surface area contributed by atoms with Crippen LogP contribution in [0.4, 0.5) is 4.39 Å². The molecule has 0 radical (unpaired) electrons. The molecule has 0 saturated carbocycles. The molecule has 106 valence electrons. The lowest BCUT2D eigenvalue weighted by atomic mass is 9.99. The minimum atomic E-state index is -0.423. The standard InChI is InChI=1S/C16H16BrClFN/c17-13-10-9-12(16(19)15(13)18)14(20)8-4-7-11-5-2-1-3-6-11/h1-3,5-6,9-10,14H,4,7-8,20H2. The van der Waals surface area contributed by atoms with Crippen molar-refractivity contribution >= 4 is 27.5 Å². The topological polar surface area (TPSA) is 26.0 Å². The van der Waals surface area contributed by atoms with Gasteiger partial charge in [-0.1, -0.05) is 48.0 Å². The zero-order chi connectivity index (χ0) is 14.5. The van der Waals surface area contributed by atoms with Crippen LogP contribution >= 0.6 is 27.5 Å². The van der Waals surface area contributed by atoms with E-state index in [9.17, 15) is 4.39 Å². The average molecular weight is 357 g/mol. The first-order valence-electron chi connectivity index (χ1n) is 6.52. The third kappa shape index (κ3) is 3.81. The van der Waals surface area contributed by atoms with Crippen molar-refractivity contribution in [1.82, 2.24) is 0 Å². The lowest BCUT2D eigenvalue weighted by Crippen LogP contribution is -2.12. The molecule has 2 aromatic rings. The molecule has 0 aliphatic carbocycles. The van der Waals surface area contributed by atoms with Gasteiger partial charge in [0.15, 0.2) is 0 Å². The van der Waals surface area contributed by atoms with E-state index >= 15 is 0 Å². The van der Waals surface area contributed by atoms with Crippen molar-refractivity contribution in [3.05, 3.63) is 68.9 Å². The van der Waals surface area contributed by atoms with Gasteiger partial charge in [0.25, 0.3) is 0 Å². The first-order chi connectivity index (χ1) is 9.59. The van der Waals surface area contributed by atoms with Crippen LogP contribution in [-0.2, 0) is 6.42 Å². The molecule has 4 heteroatoms. The lowest BCUT2D eigenvalue weighted by molar-refractivity contribution is 0.550. The van der Waals surface area contributed by atoms with Gasteiger partial charge in [0.1, 0.15) is 5.82 Å². The van der Waals surface area contributed by atoms with E-state index in [4.69, 9.17) is 17.3 Å². The van der Waals surface area contributed by atoms with Gasteiger partial charge in [0.2, 0.25) is 0 Å². The summed E-state index contributed by atoms with van der Waals surface area (Å²) in [5, 5.41) is 0.0982. The summed E-state index contributed by atoms with van der Waals surface area (Å²) in [6, 6.07) is 13.3. The van der Waals surface area contributed by atoms with Crippen molar-refractivity contribution in [3.8, 4) is 0 Å². The number of rotatable bonds is 5. The largest absolute Gasteiger partial charge is 0.324 e. The van der Waals surface area contributed by atoms with Gasteiger partial charge in [-0.2, -0.15) is 0 Å². The van der Waals surface area contributed by atoms with Crippen LogP contribution in [0.2, 0.25) is 5.02 Å². The monoisotopic (exact) mass is 355 g/mol. The fourth-order valence-electron chi connectivity index (χ4n) is 2.15. The maximum absolute atomic E-state index is 14.0. The number of halogens is 3. The molecule has 20 heavy (non-hydrogen) atoms. The fourth-order valence-corrected chi connectivity index (χ4v) is 2.63. The van der Waals surface area contributed by atoms with E-state index in [-0.39, 0.29) is 11.1 Å². The Bertz CT molecular complexity index is 574. The second-order valence-corrected chi connectivity index (χ2v) is 5.98. The van der Waals surface area contributed by atoms with Gasteiger partial charge in [0, 0.05) is 16.1 Å². The third-order valence-corrected chi connectivity index (χ3v) is 4.55. The molecular formula is C16H16BrClFN. The second kappa shape index (κ2) is 7.21. The van der Waals surface area contributed by atoms with Crippen LogP contribution in [-0.4, -0.2) is 0 Å². The number of benzene rings is 2. The first kappa shape index (κ1) is 15.5. The second-order valence-electron chi connectivity index (χ2n) is 4.75. The quantitative estimate of drug-likeness (QED) is 0.726. The molecule has 1 unspecified atom stereocenters. The Kier molecular flexibility index (Phi) is 5.58. The van der Waals surface area contributed by atoms with Crippen molar-refractivity contribution in [2.24, 2.45) is 5.73 Å². The molecule has 0 amide bonds. The predicted molar refractivity (Wildman–Crippen MR) is 85.4 cm³/mol. The summed E-state index contributed by atoms with van der Waals surface area (Å²) in [5.41, 5.74) is 7.82.